The molecule has 1 atom stereocenters. The third-order valence-corrected chi connectivity index (χ3v) is 3.00. The summed E-state index contributed by atoms with van der Waals surface area (Å²) in [5, 5.41) is 3.56. The second kappa shape index (κ2) is 6.02. The molecule has 90 valence electrons. The molecule has 0 saturated carbocycles. The average Bonchev–Trinajstić information content (AvgIpc) is 2.19. The largest absolute Gasteiger partial charge is 0.309 e. The van der Waals surface area contributed by atoms with Gasteiger partial charge in [-0.2, -0.15) is 0 Å². The van der Waals surface area contributed by atoms with Gasteiger partial charge in [-0.05, 0) is 51.6 Å². The van der Waals surface area contributed by atoms with Crippen molar-refractivity contribution in [3.8, 4) is 0 Å². The van der Waals surface area contributed by atoms with Crippen LogP contribution in [-0.2, 0) is 6.54 Å². The molecule has 0 saturated heterocycles. The zero-order chi connectivity index (χ0) is 12.1. The van der Waals surface area contributed by atoms with E-state index in [2.05, 4.69) is 63.3 Å². The normalized spacial score (nSPS) is 13.1. The van der Waals surface area contributed by atoms with Gasteiger partial charge in [-0.1, -0.05) is 18.2 Å². The third kappa shape index (κ3) is 3.95. The molecule has 0 spiro atoms. The molecule has 1 unspecified atom stereocenters. The van der Waals surface area contributed by atoms with Crippen molar-refractivity contribution in [3.63, 3.8) is 0 Å². The van der Waals surface area contributed by atoms with E-state index in [1.54, 1.807) is 0 Å². The van der Waals surface area contributed by atoms with Crippen LogP contribution in [-0.4, -0.2) is 31.6 Å². The number of benzene rings is 1. The topological polar surface area (TPSA) is 15.3 Å². The van der Waals surface area contributed by atoms with Crippen molar-refractivity contribution in [2.75, 3.05) is 20.6 Å². The van der Waals surface area contributed by atoms with Crippen molar-refractivity contribution < 1.29 is 0 Å². The van der Waals surface area contributed by atoms with Gasteiger partial charge in [0.25, 0.3) is 0 Å². The molecule has 0 bridgehead atoms. The summed E-state index contributed by atoms with van der Waals surface area (Å²) in [5.41, 5.74) is 4.19. The van der Waals surface area contributed by atoms with E-state index < -0.39 is 0 Å². The highest BCUT2D eigenvalue weighted by Crippen LogP contribution is 2.12. The number of likely N-dealkylation sites (N-methyl/N-ethyl adjacent to an activating group) is 1. The van der Waals surface area contributed by atoms with Gasteiger partial charge in [-0.3, -0.25) is 0 Å². The van der Waals surface area contributed by atoms with Crippen LogP contribution in [0.25, 0.3) is 0 Å². The van der Waals surface area contributed by atoms with Crippen LogP contribution in [0, 0.1) is 13.8 Å². The van der Waals surface area contributed by atoms with Gasteiger partial charge in [0.2, 0.25) is 0 Å². The molecular weight excluding hydrogens is 196 g/mol. The quantitative estimate of drug-likeness (QED) is 0.819. The van der Waals surface area contributed by atoms with Crippen molar-refractivity contribution in [3.05, 3.63) is 34.9 Å². The molecule has 0 aliphatic carbocycles. The van der Waals surface area contributed by atoms with Gasteiger partial charge in [0, 0.05) is 19.1 Å². The van der Waals surface area contributed by atoms with Crippen LogP contribution in [0.15, 0.2) is 18.2 Å². The van der Waals surface area contributed by atoms with Crippen LogP contribution in [0.1, 0.15) is 23.6 Å². The van der Waals surface area contributed by atoms with E-state index in [1.807, 2.05) is 0 Å². The Morgan fingerprint density at radius 2 is 1.94 bits per heavy atom. The summed E-state index contributed by atoms with van der Waals surface area (Å²) in [6.45, 7) is 8.63. The molecule has 0 radical (unpaired) electrons. The number of hydrogen-bond acceptors (Lipinski definition) is 2. The van der Waals surface area contributed by atoms with Crippen LogP contribution < -0.4 is 5.32 Å². The highest BCUT2D eigenvalue weighted by atomic mass is 15.1. The van der Waals surface area contributed by atoms with E-state index in [0.29, 0.717) is 6.04 Å². The molecule has 0 aliphatic heterocycles. The number of nitrogens with one attached hydrogen (secondary N) is 1. The first-order valence-electron chi connectivity index (χ1n) is 5.94. The first-order valence-corrected chi connectivity index (χ1v) is 5.94. The molecule has 1 N–H and O–H groups in total. The van der Waals surface area contributed by atoms with Crippen molar-refractivity contribution in [2.24, 2.45) is 0 Å². The Balaban J connectivity index is 2.51. The number of aryl methyl sites for hydroxylation is 1. The fourth-order valence-electron chi connectivity index (χ4n) is 1.90. The summed E-state index contributed by atoms with van der Waals surface area (Å²) in [4.78, 5) is 2.21. The lowest BCUT2D eigenvalue weighted by Gasteiger charge is -2.19. The lowest BCUT2D eigenvalue weighted by Crippen LogP contribution is -2.35. The minimum absolute atomic E-state index is 0.523. The lowest BCUT2D eigenvalue weighted by atomic mass is 10.0. The van der Waals surface area contributed by atoms with Crippen molar-refractivity contribution in [2.45, 2.75) is 33.4 Å². The summed E-state index contributed by atoms with van der Waals surface area (Å²) in [6, 6.07) is 7.03. The summed E-state index contributed by atoms with van der Waals surface area (Å²) in [7, 11) is 4.21. The molecular formula is C14H24N2. The van der Waals surface area contributed by atoms with Crippen molar-refractivity contribution >= 4 is 0 Å². The van der Waals surface area contributed by atoms with Crippen LogP contribution in [0.2, 0.25) is 0 Å². The maximum Gasteiger partial charge on any atom is 0.0211 e. The Hall–Kier alpha value is -0.860. The monoisotopic (exact) mass is 220 g/mol. The van der Waals surface area contributed by atoms with E-state index in [-0.39, 0.29) is 0 Å². The Labute approximate surface area is 99.7 Å². The zero-order valence-electron chi connectivity index (χ0n) is 11.2. The van der Waals surface area contributed by atoms with Gasteiger partial charge < -0.3 is 10.2 Å². The second-order valence-electron chi connectivity index (χ2n) is 4.90. The highest BCUT2D eigenvalue weighted by Gasteiger charge is 2.04. The fourth-order valence-corrected chi connectivity index (χ4v) is 1.90. The summed E-state index contributed by atoms with van der Waals surface area (Å²) < 4.78 is 0. The third-order valence-electron chi connectivity index (χ3n) is 3.00. The molecule has 1 rings (SSSR count). The summed E-state index contributed by atoms with van der Waals surface area (Å²) >= 11 is 0. The second-order valence-corrected chi connectivity index (χ2v) is 4.90. The smallest absolute Gasteiger partial charge is 0.0211 e. The predicted octanol–water partition coefficient (Wildman–Crippen LogP) is 2.34. The van der Waals surface area contributed by atoms with Gasteiger partial charge in [0.05, 0.1) is 0 Å². The minimum Gasteiger partial charge on any atom is -0.309 e. The molecule has 16 heavy (non-hydrogen) atoms. The van der Waals surface area contributed by atoms with Crippen LogP contribution in [0.5, 0.6) is 0 Å². The number of nitrogens with zero attached hydrogens (tertiary/aromatic N) is 1. The fraction of sp³-hybridized carbons (Fsp3) is 0.571. The van der Waals surface area contributed by atoms with Crippen LogP contribution in [0.4, 0.5) is 0 Å². The average molecular weight is 220 g/mol. The molecule has 1 aromatic rings. The Morgan fingerprint density at radius 3 is 2.56 bits per heavy atom. The van der Waals surface area contributed by atoms with Gasteiger partial charge in [-0.25, -0.2) is 0 Å². The number of hydrogen-bond donors (Lipinski definition) is 1. The Bertz CT molecular complexity index is 332. The van der Waals surface area contributed by atoms with E-state index in [1.165, 1.54) is 16.7 Å². The highest BCUT2D eigenvalue weighted by molar-refractivity contribution is 5.32. The summed E-state index contributed by atoms with van der Waals surface area (Å²) in [6.07, 6.45) is 0. The van der Waals surface area contributed by atoms with Gasteiger partial charge in [0.15, 0.2) is 0 Å². The van der Waals surface area contributed by atoms with E-state index >= 15 is 0 Å². The maximum atomic E-state index is 3.56. The molecule has 0 fully saturated rings. The zero-order valence-corrected chi connectivity index (χ0v) is 11.2. The lowest BCUT2D eigenvalue weighted by molar-refractivity contribution is 0.349. The van der Waals surface area contributed by atoms with Crippen molar-refractivity contribution in [1.29, 1.82) is 0 Å². The molecule has 2 nitrogen and oxygen atoms in total. The first kappa shape index (κ1) is 13.2. The molecule has 0 aliphatic rings. The van der Waals surface area contributed by atoms with Gasteiger partial charge in [-0.15, -0.1) is 0 Å². The SMILES string of the molecule is Cc1cccc(CNC(C)CN(C)C)c1C. The first-order chi connectivity index (χ1) is 7.50. The Kier molecular flexibility index (Phi) is 4.97. The van der Waals surface area contributed by atoms with Crippen molar-refractivity contribution in [1.82, 2.24) is 10.2 Å². The summed E-state index contributed by atoms with van der Waals surface area (Å²) in [5.74, 6) is 0. The predicted molar refractivity (Wildman–Crippen MR) is 70.8 cm³/mol. The van der Waals surface area contributed by atoms with Gasteiger partial charge in [0.1, 0.15) is 0 Å². The minimum atomic E-state index is 0.523. The van der Waals surface area contributed by atoms with Crippen LogP contribution >= 0.6 is 0 Å². The molecule has 0 aromatic heterocycles. The molecule has 0 amide bonds. The van der Waals surface area contributed by atoms with E-state index in [4.69, 9.17) is 0 Å². The standard InChI is InChI=1S/C14H24N2/c1-11-7-6-8-14(13(11)3)9-15-12(2)10-16(4)5/h6-8,12,15H,9-10H2,1-5H3. The molecule has 0 heterocycles. The molecule has 2 heteroatoms. The van der Waals surface area contributed by atoms with E-state index in [0.717, 1.165) is 13.1 Å². The Morgan fingerprint density at radius 1 is 1.25 bits per heavy atom. The van der Waals surface area contributed by atoms with Gasteiger partial charge >= 0.3 is 0 Å². The maximum absolute atomic E-state index is 3.56. The van der Waals surface area contributed by atoms with E-state index in [9.17, 15) is 0 Å². The molecule has 1 aromatic carbocycles. The van der Waals surface area contributed by atoms with Crippen LogP contribution in [0.3, 0.4) is 0 Å². The number of rotatable bonds is 5.